The number of hydrogen-bond donors (Lipinski definition) is 0. The largest absolute Gasteiger partial charge is 0.471 e. The van der Waals surface area contributed by atoms with Gasteiger partial charge in [-0.2, -0.15) is 13.2 Å². The molecule has 7 nitrogen and oxygen atoms in total. The van der Waals surface area contributed by atoms with E-state index in [4.69, 9.17) is 4.74 Å². The van der Waals surface area contributed by atoms with Crippen molar-refractivity contribution in [3.8, 4) is 0 Å². The Labute approximate surface area is 203 Å². The number of amides is 1. The van der Waals surface area contributed by atoms with Gasteiger partial charge >= 0.3 is 18.2 Å². The van der Waals surface area contributed by atoms with Crippen molar-refractivity contribution in [2.75, 3.05) is 5.75 Å². The lowest BCUT2D eigenvalue weighted by atomic mass is 10.0. The molecule has 3 heterocycles. The van der Waals surface area contributed by atoms with Crippen molar-refractivity contribution in [3.63, 3.8) is 0 Å². The zero-order valence-corrected chi connectivity index (χ0v) is 19.9. The molecule has 0 bridgehead atoms. The summed E-state index contributed by atoms with van der Waals surface area (Å²) in [5.74, 6) is -2.85. The lowest BCUT2D eigenvalue weighted by molar-refractivity contribution is -0.187. The van der Waals surface area contributed by atoms with Crippen LogP contribution in [0.5, 0.6) is 0 Å². The van der Waals surface area contributed by atoms with Crippen molar-refractivity contribution < 1.29 is 32.3 Å². The van der Waals surface area contributed by atoms with E-state index in [-0.39, 0.29) is 11.3 Å². The highest BCUT2D eigenvalue weighted by atomic mass is 32.2. The average Bonchev–Trinajstić information content (AvgIpc) is 3.39. The van der Waals surface area contributed by atoms with Crippen LogP contribution in [0.15, 0.2) is 55.0 Å². The molecule has 3 aromatic rings. The molecule has 35 heavy (non-hydrogen) atoms. The highest BCUT2D eigenvalue weighted by Gasteiger charge is 2.52. The van der Waals surface area contributed by atoms with Crippen molar-refractivity contribution >= 4 is 40.4 Å². The molecular formula is C24H22F3N3O4S. The van der Waals surface area contributed by atoms with Gasteiger partial charge in [0.05, 0.1) is 5.52 Å². The molecule has 1 amide bonds. The van der Waals surface area contributed by atoms with Crippen LogP contribution in [-0.2, 0) is 9.53 Å². The van der Waals surface area contributed by atoms with E-state index in [9.17, 15) is 27.6 Å². The summed E-state index contributed by atoms with van der Waals surface area (Å²) in [4.78, 5) is 43.4. The molecule has 184 valence electrons. The molecular weight excluding hydrogens is 483 g/mol. The van der Waals surface area contributed by atoms with Gasteiger partial charge in [0.15, 0.2) is 5.78 Å². The fourth-order valence-corrected chi connectivity index (χ4v) is 5.31. The summed E-state index contributed by atoms with van der Waals surface area (Å²) in [5.41, 5.74) is -0.0274. The summed E-state index contributed by atoms with van der Waals surface area (Å²) in [7, 11) is 0. The number of carbonyl (C=O) groups excluding carboxylic acids is 3. The third kappa shape index (κ3) is 4.90. The minimum atomic E-state index is -5.17. The maximum atomic E-state index is 13.6. The van der Waals surface area contributed by atoms with E-state index in [0.29, 0.717) is 21.4 Å². The van der Waals surface area contributed by atoms with E-state index in [1.165, 1.54) is 18.6 Å². The number of carbonyl (C=O) groups is 3. The van der Waals surface area contributed by atoms with Crippen LogP contribution in [0.4, 0.5) is 18.0 Å². The van der Waals surface area contributed by atoms with Gasteiger partial charge in [0.25, 0.3) is 0 Å². The van der Waals surface area contributed by atoms with E-state index in [1.54, 1.807) is 57.2 Å². The number of aromatic nitrogens is 2. The topological polar surface area (TPSA) is 81.5 Å². The number of nitrogens with zero attached hydrogens (tertiary/aromatic N) is 3. The first-order valence-electron chi connectivity index (χ1n) is 10.7. The van der Waals surface area contributed by atoms with Crippen molar-refractivity contribution in [2.24, 2.45) is 0 Å². The van der Waals surface area contributed by atoms with E-state index in [0.717, 1.165) is 16.3 Å². The number of para-hydroxylation sites is 1. The van der Waals surface area contributed by atoms with Crippen LogP contribution in [0.2, 0.25) is 0 Å². The third-order valence-electron chi connectivity index (χ3n) is 5.32. The zero-order chi connectivity index (χ0) is 25.5. The average molecular weight is 506 g/mol. The molecule has 0 N–H and O–H groups in total. The second-order valence-corrected chi connectivity index (χ2v) is 10.1. The van der Waals surface area contributed by atoms with Crippen LogP contribution in [-0.4, -0.2) is 55.8 Å². The number of thioether (sulfide) groups is 1. The van der Waals surface area contributed by atoms with E-state index < -0.39 is 41.0 Å². The van der Waals surface area contributed by atoms with Crippen molar-refractivity contribution in [3.05, 3.63) is 66.1 Å². The molecule has 2 aromatic heterocycles. The summed E-state index contributed by atoms with van der Waals surface area (Å²) in [6, 6.07) is 8.24. The van der Waals surface area contributed by atoms with Crippen molar-refractivity contribution in [1.82, 2.24) is 14.5 Å². The molecule has 1 fully saturated rings. The predicted octanol–water partition coefficient (Wildman–Crippen LogP) is 5.21. The van der Waals surface area contributed by atoms with E-state index in [2.05, 4.69) is 4.98 Å². The quantitative estimate of drug-likeness (QED) is 0.455. The number of Topliss-reactive ketones (excluding diaryl/α,β-unsaturated/α-hetero) is 1. The number of rotatable bonds is 3. The van der Waals surface area contributed by atoms with Crippen LogP contribution >= 0.6 is 11.8 Å². The van der Waals surface area contributed by atoms with E-state index in [1.807, 2.05) is 0 Å². The zero-order valence-electron chi connectivity index (χ0n) is 19.1. The van der Waals surface area contributed by atoms with Crippen molar-refractivity contribution in [2.45, 2.75) is 44.0 Å². The van der Waals surface area contributed by atoms with Gasteiger partial charge in [-0.15, -0.1) is 11.8 Å². The Kier molecular flexibility index (Phi) is 6.39. The maximum Gasteiger partial charge on any atom is 0.471 e. The predicted molar refractivity (Wildman–Crippen MR) is 124 cm³/mol. The summed E-state index contributed by atoms with van der Waals surface area (Å²) < 4.78 is 47.2. The highest BCUT2D eigenvalue weighted by Crippen LogP contribution is 2.44. The summed E-state index contributed by atoms with van der Waals surface area (Å²) >= 11 is 1.05. The molecule has 1 aliphatic heterocycles. The molecule has 1 unspecified atom stereocenters. The van der Waals surface area contributed by atoms with Crippen LogP contribution in [0, 0.1) is 0 Å². The molecule has 11 heteroatoms. The third-order valence-corrected chi connectivity index (χ3v) is 6.64. The number of hydrogen-bond acceptors (Lipinski definition) is 6. The van der Waals surface area contributed by atoms with Crippen LogP contribution in [0.3, 0.4) is 0 Å². The van der Waals surface area contributed by atoms with Crippen LogP contribution in [0.25, 0.3) is 10.9 Å². The minimum absolute atomic E-state index is 0.0314. The standard InChI is InChI=1S/C24H22F3N3O4S/c1-23(2,3)34-22(33)29-12-16(15-8-4-5-9-17(15)29)19(31)18-13-35-20(14-7-6-10-28-11-14)30(18)21(32)24(25,26)27/h4-12,18,20H,13H2,1-3H3/t18-,20?/m0/s1. The molecule has 0 radical (unpaired) electrons. The fraction of sp³-hybridized carbons (Fsp3) is 0.333. The van der Waals surface area contributed by atoms with Gasteiger partial charge in [0.1, 0.15) is 17.0 Å². The number of ketones is 1. The Bertz CT molecular complexity index is 1280. The molecule has 1 aromatic carbocycles. The Hall–Kier alpha value is -3.34. The molecule has 4 rings (SSSR count). The molecule has 0 aliphatic carbocycles. The monoisotopic (exact) mass is 505 g/mol. The number of benzene rings is 1. The van der Waals surface area contributed by atoms with Gasteiger partial charge in [-0.1, -0.05) is 24.3 Å². The van der Waals surface area contributed by atoms with E-state index >= 15 is 0 Å². The summed E-state index contributed by atoms with van der Waals surface area (Å²) in [5, 5.41) is -0.663. The first-order valence-corrected chi connectivity index (χ1v) is 11.7. The minimum Gasteiger partial charge on any atom is -0.443 e. The Morgan fingerprint density at radius 3 is 2.43 bits per heavy atom. The molecule has 2 atom stereocenters. The Balaban J connectivity index is 1.77. The normalized spacial score (nSPS) is 18.6. The number of ether oxygens (including phenoxy) is 1. The first kappa shape index (κ1) is 24.8. The highest BCUT2D eigenvalue weighted by molar-refractivity contribution is 7.99. The SMILES string of the molecule is CC(C)(C)OC(=O)n1cc(C(=O)[C@@H]2CSC(c3cccnc3)N2C(=O)C(F)(F)F)c2ccccc21. The Morgan fingerprint density at radius 1 is 1.09 bits per heavy atom. The lowest BCUT2D eigenvalue weighted by Crippen LogP contribution is -2.48. The number of alkyl halides is 3. The number of halogens is 3. The first-order chi connectivity index (χ1) is 16.4. The molecule has 1 aliphatic rings. The lowest BCUT2D eigenvalue weighted by Gasteiger charge is -2.29. The van der Waals surface area contributed by atoms with Gasteiger partial charge in [0, 0.05) is 40.9 Å². The van der Waals surface area contributed by atoms with Crippen molar-refractivity contribution in [1.29, 1.82) is 0 Å². The van der Waals surface area contributed by atoms with Gasteiger partial charge in [-0.05, 0) is 32.9 Å². The van der Waals surface area contributed by atoms with Gasteiger partial charge in [-0.25, -0.2) is 4.79 Å². The van der Waals surface area contributed by atoms with Gasteiger partial charge in [-0.3, -0.25) is 19.1 Å². The number of pyridine rings is 1. The van der Waals surface area contributed by atoms with Crippen LogP contribution in [0.1, 0.15) is 42.1 Å². The summed E-state index contributed by atoms with van der Waals surface area (Å²) in [6.07, 6.45) is -1.80. The summed E-state index contributed by atoms with van der Waals surface area (Å²) in [6.45, 7) is 5.08. The molecule has 1 saturated heterocycles. The second kappa shape index (κ2) is 9.03. The maximum absolute atomic E-state index is 13.6. The van der Waals surface area contributed by atoms with Gasteiger partial charge < -0.3 is 9.64 Å². The smallest absolute Gasteiger partial charge is 0.443 e. The fourth-order valence-electron chi connectivity index (χ4n) is 3.90. The molecule has 0 spiro atoms. The van der Waals surface area contributed by atoms with Crippen LogP contribution < -0.4 is 0 Å². The second-order valence-electron chi connectivity index (χ2n) is 8.97. The van der Waals surface area contributed by atoms with Gasteiger partial charge in [0.2, 0.25) is 0 Å². The Morgan fingerprint density at radius 2 is 1.80 bits per heavy atom. The molecule has 0 saturated carbocycles. The number of fused-ring (bicyclic) bond motifs is 1.